The van der Waals surface area contributed by atoms with E-state index in [1.165, 1.54) is 0 Å². The summed E-state index contributed by atoms with van der Waals surface area (Å²) in [6.07, 6.45) is 5.14. The number of rotatable bonds is 0. The van der Waals surface area contributed by atoms with Crippen LogP contribution in [0.25, 0.3) is 11.0 Å². The summed E-state index contributed by atoms with van der Waals surface area (Å²) in [7, 11) is 0. The van der Waals surface area contributed by atoms with Crippen molar-refractivity contribution >= 4 is 23.5 Å². The Morgan fingerprint density at radius 2 is 2.00 bits per heavy atom. The molecule has 5 nitrogen and oxygen atoms in total. The lowest BCUT2D eigenvalue weighted by atomic mass is 10.1. The summed E-state index contributed by atoms with van der Waals surface area (Å²) in [5.74, 6) is 0. The van der Waals surface area contributed by atoms with E-state index in [1.54, 1.807) is 18.8 Å². The van der Waals surface area contributed by atoms with E-state index in [-0.39, 0.29) is 0 Å². The van der Waals surface area contributed by atoms with Gasteiger partial charge in [-0.2, -0.15) is 15.7 Å². The van der Waals surface area contributed by atoms with E-state index in [1.807, 2.05) is 12.1 Å². The topological polar surface area (TPSA) is 65.4 Å². The molecule has 0 radical (unpaired) electrons. The standard InChI is InChI=1S/C9H7N5/c1-2-8-9(11-5-10-8)7-4-13-14-12-3-6(1)7/h1-5,14H,(H,10,11). The number of imidazole rings is 1. The molecule has 1 aromatic carbocycles. The maximum Gasteiger partial charge on any atom is 0.0977 e. The summed E-state index contributed by atoms with van der Waals surface area (Å²) in [5, 5.41) is 7.81. The quantitative estimate of drug-likeness (QED) is 0.638. The highest BCUT2D eigenvalue weighted by molar-refractivity contribution is 6.05. The van der Waals surface area contributed by atoms with Crippen LogP contribution in [0.2, 0.25) is 0 Å². The summed E-state index contributed by atoms with van der Waals surface area (Å²) < 4.78 is 0. The summed E-state index contributed by atoms with van der Waals surface area (Å²) in [4.78, 5) is 7.29. The number of fused-ring (bicyclic) bond motifs is 3. The van der Waals surface area contributed by atoms with Gasteiger partial charge in [-0.15, -0.1) is 0 Å². The van der Waals surface area contributed by atoms with Crippen LogP contribution in [0.3, 0.4) is 0 Å². The summed E-state index contributed by atoms with van der Waals surface area (Å²) in [6, 6.07) is 3.96. The number of hydrogen-bond acceptors (Lipinski definition) is 4. The number of hydrazone groups is 2. The third kappa shape index (κ3) is 0.922. The maximum absolute atomic E-state index is 4.24. The fraction of sp³-hybridized carbons (Fsp3) is 0. The second-order valence-corrected chi connectivity index (χ2v) is 2.98. The largest absolute Gasteiger partial charge is 0.345 e. The lowest BCUT2D eigenvalue weighted by Gasteiger charge is -1.97. The molecule has 2 N–H and O–H groups in total. The number of aromatic amines is 1. The van der Waals surface area contributed by atoms with Crippen LogP contribution in [-0.2, 0) is 0 Å². The predicted octanol–water partition coefficient (Wildman–Crippen LogP) is 0.834. The summed E-state index contributed by atoms with van der Waals surface area (Å²) in [6.45, 7) is 0. The highest BCUT2D eigenvalue weighted by Crippen LogP contribution is 2.17. The van der Waals surface area contributed by atoms with Crippen LogP contribution >= 0.6 is 0 Å². The first-order valence-corrected chi connectivity index (χ1v) is 4.22. The van der Waals surface area contributed by atoms with Gasteiger partial charge >= 0.3 is 0 Å². The van der Waals surface area contributed by atoms with Crippen LogP contribution in [0.4, 0.5) is 0 Å². The van der Waals surface area contributed by atoms with Gasteiger partial charge in [0.15, 0.2) is 0 Å². The number of H-pyrrole nitrogens is 1. The zero-order valence-corrected chi connectivity index (χ0v) is 7.23. The minimum atomic E-state index is 0.918. The molecule has 68 valence electrons. The van der Waals surface area contributed by atoms with Gasteiger partial charge in [0.1, 0.15) is 0 Å². The Labute approximate surface area is 79.5 Å². The lowest BCUT2D eigenvalue weighted by Crippen LogP contribution is -1.91. The molecule has 2 aromatic rings. The van der Waals surface area contributed by atoms with Gasteiger partial charge < -0.3 is 4.98 Å². The van der Waals surface area contributed by atoms with Crippen molar-refractivity contribution in [2.75, 3.05) is 0 Å². The van der Waals surface area contributed by atoms with E-state index in [0.717, 1.165) is 22.2 Å². The fourth-order valence-electron chi connectivity index (χ4n) is 1.52. The third-order valence-corrected chi connectivity index (χ3v) is 2.18. The average molecular weight is 185 g/mol. The lowest BCUT2D eigenvalue weighted by molar-refractivity contribution is 0.821. The molecule has 0 spiro atoms. The fourth-order valence-corrected chi connectivity index (χ4v) is 1.52. The molecule has 1 aromatic heterocycles. The summed E-state index contributed by atoms with van der Waals surface area (Å²) in [5.41, 5.74) is 6.47. The molecular formula is C9H7N5. The molecule has 0 aliphatic carbocycles. The Bertz CT molecular complexity index is 537. The normalized spacial score (nSPS) is 13.7. The number of benzene rings is 1. The van der Waals surface area contributed by atoms with Crippen molar-refractivity contribution in [1.82, 2.24) is 15.5 Å². The van der Waals surface area contributed by atoms with Gasteiger partial charge in [-0.1, -0.05) is 6.07 Å². The molecule has 3 rings (SSSR count). The van der Waals surface area contributed by atoms with E-state index < -0.39 is 0 Å². The van der Waals surface area contributed by atoms with Crippen molar-refractivity contribution in [2.45, 2.75) is 0 Å². The minimum Gasteiger partial charge on any atom is -0.345 e. The Morgan fingerprint density at radius 3 is 3.00 bits per heavy atom. The molecule has 5 heteroatoms. The minimum absolute atomic E-state index is 0.918. The Morgan fingerprint density at radius 1 is 1.07 bits per heavy atom. The maximum atomic E-state index is 4.24. The molecular weight excluding hydrogens is 178 g/mol. The van der Waals surface area contributed by atoms with Gasteiger partial charge in [0.05, 0.1) is 29.8 Å². The number of nitrogens with one attached hydrogen (secondary N) is 2. The predicted molar refractivity (Wildman–Crippen MR) is 54.4 cm³/mol. The Balaban J connectivity index is 2.43. The second kappa shape index (κ2) is 2.66. The second-order valence-electron chi connectivity index (χ2n) is 2.98. The van der Waals surface area contributed by atoms with Gasteiger partial charge in [0.25, 0.3) is 0 Å². The molecule has 2 heterocycles. The van der Waals surface area contributed by atoms with E-state index in [9.17, 15) is 0 Å². The zero-order chi connectivity index (χ0) is 9.38. The van der Waals surface area contributed by atoms with Gasteiger partial charge in [-0.05, 0) is 6.07 Å². The highest BCUT2D eigenvalue weighted by Gasteiger charge is 2.07. The molecule has 0 fully saturated rings. The van der Waals surface area contributed by atoms with Gasteiger partial charge in [-0.25, -0.2) is 4.98 Å². The molecule has 0 bridgehead atoms. The molecule has 1 aliphatic rings. The van der Waals surface area contributed by atoms with Crippen molar-refractivity contribution < 1.29 is 0 Å². The molecule has 0 atom stereocenters. The van der Waals surface area contributed by atoms with Gasteiger partial charge in [0, 0.05) is 11.1 Å². The Hall–Kier alpha value is -2.17. The van der Waals surface area contributed by atoms with Crippen LogP contribution in [0, 0.1) is 0 Å². The van der Waals surface area contributed by atoms with E-state index in [4.69, 9.17) is 0 Å². The van der Waals surface area contributed by atoms with Crippen LogP contribution in [0.1, 0.15) is 11.1 Å². The molecule has 14 heavy (non-hydrogen) atoms. The van der Waals surface area contributed by atoms with Crippen molar-refractivity contribution in [3.63, 3.8) is 0 Å². The number of hydrogen-bond donors (Lipinski definition) is 2. The smallest absolute Gasteiger partial charge is 0.0977 e. The van der Waals surface area contributed by atoms with Gasteiger partial charge in [-0.3, -0.25) is 0 Å². The molecule has 1 aliphatic heterocycles. The van der Waals surface area contributed by atoms with Crippen LogP contribution in [0.5, 0.6) is 0 Å². The van der Waals surface area contributed by atoms with Crippen molar-refractivity contribution in [1.29, 1.82) is 0 Å². The number of nitrogens with zero attached hydrogens (tertiary/aromatic N) is 3. The van der Waals surface area contributed by atoms with Crippen molar-refractivity contribution in [3.05, 3.63) is 29.6 Å². The first kappa shape index (κ1) is 7.25. The van der Waals surface area contributed by atoms with Crippen LogP contribution < -0.4 is 5.53 Å². The van der Waals surface area contributed by atoms with E-state index in [0.29, 0.717) is 0 Å². The highest BCUT2D eigenvalue weighted by atomic mass is 15.5. The SMILES string of the molecule is C1=NNN=Cc2c1ccc1[nH]cnc21. The van der Waals surface area contributed by atoms with Crippen LogP contribution in [-0.4, -0.2) is 22.4 Å². The van der Waals surface area contributed by atoms with Crippen molar-refractivity contribution in [2.24, 2.45) is 10.2 Å². The number of aromatic nitrogens is 2. The molecule has 0 saturated carbocycles. The first-order valence-electron chi connectivity index (χ1n) is 4.22. The zero-order valence-electron chi connectivity index (χ0n) is 7.23. The van der Waals surface area contributed by atoms with Gasteiger partial charge in [0.2, 0.25) is 0 Å². The first-order chi connectivity index (χ1) is 6.95. The van der Waals surface area contributed by atoms with E-state index in [2.05, 4.69) is 25.7 Å². The molecule has 0 saturated heterocycles. The monoisotopic (exact) mass is 185 g/mol. The van der Waals surface area contributed by atoms with E-state index >= 15 is 0 Å². The average Bonchev–Trinajstić information content (AvgIpc) is 2.55. The third-order valence-electron chi connectivity index (χ3n) is 2.18. The summed E-state index contributed by atoms with van der Waals surface area (Å²) >= 11 is 0. The van der Waals surface area contributed by atoms with Crippen LogP contribution in [0.15, 0.2) is 28.7 Å². The Kier molecular flexibility index (Phi) is 1.38. The molecule has 0 amide bonds. The van der Waals surface area contributed by atoms with Crippen molar-refractivity contribution in [3.8, 4) is 0 Å². The molecule has 0 unspecified atom stereocenters.